The van der Waals surface area contributed by atoms with Gasteiger partial charge in [-0.2, -0.15) is 0 Å². The Morgan fingerprint density at radius 3 is 2.07 bits per heavy atom. The van der Waals surface area contributed by atoms with E-state index in [4.69, 9.17) is 0 Å². The first kappa shape index (κ1) is 10.7. The second-order valence-corrected chi connectivity index (χ2v) is 5.03. The van der Waals surface area contributed by atoms with Crippen molar-refractivity contribution in [3.63, 3.8) is 0 Å². The second kappa shape index (κ2) is 4.84. The molecule has 3 nitrogen and oxygen atoms in total. The van der Waals surface area contributed by atoms with Gasteiger partial charge >= 0.3 is 0 Å². The fourth-order valence-corrected chi connectivity index (χ4v) is 2.93. The molecule has 0 radical (unpaired) electrons. The van der Waals surface area contributed by atoms with Gasteiger partial charge in [-0.15, -0.1) is 0 Å². The molecule has 0 aromatic heterocycles. The molecule has 1 saturated carbocycles. The second-order valence-electron chi connectivity index (χ2n) is 4.04. The molecule has 15 heavy (non-hydrogen) atoms. The first-order valence-corrected chi connectivity index (χ1v) is 6.34. The number of carbonyl (C=O) groups excluding carboxylic acids is 2. The van der Waals surface area contributed by atoms with E-state index in [9.17, 15) is 9.59 Å². The first-order chi connectivity index (χ1) is 7.27. The zero-order chi connectivity index (χ0) is 10.7. The van der Waals surface area contributed by atoms with Crippen LogP contribution in [0.25, 0.3) is 0 Å². The Morgan fingerprint density at radius 2 is 1.53 bits per heavy atom. The highest BCUT2D eigenvalue weighted by Crippen LogP contribution is 2.33. The average Bonchev–Trinajstić information content (AvgIpc) is 2.45. The maximum absolute atomic E-state index is 11.5. The molecule has 1 aliphatic heterocycles. The number of amides is 2. The Morgan fingerprint density at radius 1 is 0.933 bits per heavy atom. The van der Waals surface area contributed by atoms with E-state index in [1.165, 1.54) is 24.8 Å². The van der Waals surface area contributed by atoms with Crippen LogP contribution in [0.5, 0.6) is 0 Å². The summed E-state index contributed by atoms with van der Waals surface area (Å²) in [6, 6.07) is 0. The van der Waals surface area contributed by atoms with Crippen LogP contribution in [0.4, 0.5) is 4.79 Å². The zero-order valence-electron chi connectivity index (χ0n) is 8.67. The van der Waals surface area contributed by atoms with E-state index in [0.29, 0.717) is 4.91 Å². The minimum absolute atomic E-state index is 0.180. The third-order valence-corrected chi connectivity index (χ3v) is 3.86. The number of rotatable bonds is 0. The van der Waals surface area contributed by atoms with E-state index >= 15 is 0 Å². The maximum Gasteiger partial charge on any atom is 0.290 e. The van der Waals surface area contributed by atoms with Crippen molar-refractivity contribution in [3.05, 3.63) is 10.5 Å². The van der Waals surface area contributed by atoms with E-state index in [0.717, 1.165) is 37.4 Å². The fraction of sp³-hybridized carbons (Fsp3) is 0.636. The predicted octanol–water partition coefficient (Wildman–Crippen LogP) is 2.97. The van der Waals surface area contributed by atoms with Gasteiger partial charge in [-0.1, -0.05) is 24.8 Å². The average molecular weight is 225 g/mol. The molecule has 0 aromatic carbocycles. The number of thioether (sulfide) groups is 1. The van der Waals surface area contributed by atoms with Crippen molar-refractivity contribution in [2.75, 3.05) is 0 Å². The minimum Gasteiger partial charge on any atom is -0.282 e. The van der Waals surface area contributed by atoms with Crippen LogP contribution in [-0.2, 0) is 4.79 Å². The highest BCUT2D eigenvalue weighted by molar-refractivity contribution is 8.18. The fourth-order valence-electron chi connectivity index (χ4n) is 2.11. The zero-order valence-corrected chi connectivity index (χ0v) is 9.49. The third-order valence-electron chi connectivity index (χ3n) is 2.89. The Labute approximate surface area is 93.7 Å². The number of nitrogens with one attached hydrogen (secondary N) is 1. The van der Waals surface area contributed by atoms with E-state index in [1.807, 2.05) is 0 Å². The number of hydrogen-bond acceptors (Lipinski definition) is 3. The minimum atomic E-state index is -0.218. The van der Waals surface area contributed by atoms with Crippen molar-refractivity contribution in [2.24, 2.45) is 0 Å². The van der Waals surface area contributed by atoms with Gasteiger partial charge in [0.05, 0.1) is 4.91 Å². The molecule has 0 spiro atoms. The third kappa shape index (κ3) is 2.62. The van der Waals surface area contributed by atoms with Crippen molar-refractivity contribution >= 4 is 22.9 Å². The molecule has 2 fully saturated rings. The van der Waals surface area contributed by atoms with Crippen LogP contribution in [0.3, 0.4) is 0 Å². The summed E-state index contributed by atoms with van der Waals surface area (Å²) in [5, 5.41) is 2.11. The summed E-state index contributed by atoms with van der Waals surface area (Å²) in [7, 11) is 0. The maximum atomic E-state index is 11.5. The summed E-state index contributed by atoms with van der Waals surface area (Å²) >= 11 is 1.08. The first-order valence-electron chi connectivity index (χ1n) is 5.52. The molecule has 1 heterocycles. The van der Waals surface area contributed by atoms with Gasteiger partial charge in [0.1, 0.15) is 0 Å². The Balaban J connectivity index is 2.14. The van der Waals surface area contributed by atoms with E-state index in [-0.39, 0.29) is 11.1 Å². The molecule has 0 bridgehead atoms. The van der Waals surface area contributed by atoms with Crippen LogP contribution in [-0.4, -0.2) is 11.1 Å². The van der Waals surface area contributed by atoms with Crippen LogP contribution < -0.4 is 5.32 Å². The lowest BCUT2D eigenvalue weighted by Gasteiger charge is -2.12. The summed E-state index contributed by atoms with van der Waals surface area (Å²) in [5.74, 6) is -0.180. The van der Waals surface area contributed by atoms with Crippen molar-refractivity contribution in [1.82, 2.24) is 5.32 Å². The van der Waals surface area contributed by atoms with Crippen molar-refractivity contribution < 1.29 is 9.59 Å². The Kier molecular flexibility index (Phi) is 3.46. The van der Waals surface area contributed by atoms with Crippen LogP contribution in [0.15, 0.2) is 10.5 Å². The molecule has 1 aliphatic carbocycles. The highest BCUT2D eigenvalue weighted by Gasteiger charge is 2.28. The molecule has 1 saturated heterocycles. The van der Waals surface area contributed by atoms with Crippen LogP contribution >= 0.6 is 11.8 Å². The molecule has 82 valence electrons. The topological polar surface area (TPSA) is 46.2 Å². The van der Waals surface area contributed by atoms with Crippen LogP contribution in [0, 0.1) is 0 Å². The van der Waals surface area contributed by atoms with Gasteiger partial charge in [-0.25, -0.2) is 0 Å². The van der Waals surface area contributed by atoms with Gasteiger partial charge in [0.15, 0.2) is 0 Å². The van der Waals surface area contributed by atoms with Gasteiger partial charge in [-0.05, 0) is 37.4 Å². The quantitative estimate of drug-likeness (QED) is 0.645. The molecule has 2 rings (SSSR count). The van der Waals surface area contributed by atoms with Gasteiger partial charge in [-0.3, -0.25) is 14.9 Å². The summed E-state index contributed by atoms with van der Waals surface area (Å²) in [5.41, 5.74) is 1.20. The van der Waals surface area contributed by atoms with E-state index in [2.05, 4.69) is 5.32 Å². The molecule has 4 heteroatoms. The van der Waals surface area contributed by atoms with Crippen LogP contribution in [0.1, 0.15) is 44.9 Å². The largest absolute Gasteiger partial charge is 0.290 e. The number of carbonyl (C=O) groups is 2. The molecule has 1 N–H and O–H groups in total. The van der Waals surface area contributed by atoms with Crippen LogP contribution in [0.2, 0.25) is 0 Å². The molecular weight excluding hydrogens is 210 g/mol. The molecule has 2 amide bonds. The van der Waals surface area contributed by atoms with Gasteiger partial charge in [0, 0.05) is 0 Å². The van der Waals surface area contributed by atoms with Gasteiger partial charge in [0.25, 0.3) is 11.1 Å². The molecule has 0 atom stereocenters. The highest BCUT2D eigenvalue weighted by atomic mass is 32.2. The van der Waals surface area contributed by atoms with Gasteiger partial charge < -0.3 is 0 Å². The van der Waals surface area contributed by atoms with E-state index < -0.39 is 0 Å². The summed E-state index contributed by atoms with van der Waals surface area (Å²) in [4.78, 5) is 23.2. The number of hydrogen-bond donors (Lipinski definition) is 1. The standard InChI is InChI=1S/C11H15NO2S/c13-10-9(15-11(14)12-10)8-6-4-2-1-3-5-7-8/h1-7H2,(H,12,13,14). The van der Waals surface area contributed by atoms with Crippen molar-refractivity contribution in [2.45, 2.75) is 44.9 Å². The van der Waals surface area contributed by atoms with Gasteiger partial charge in [0.2, 0.25) is 0 Å². The lowest BCUT2D eigenvalue weighted by molar-refractivity contribution is -0.115. The van der Waals surface area contributed by atoms with Crippen molar-refractivity contribution in [3.8, 4) is 0 Å². The Hall–Kier alpha value is -0.770. The monoisotopic (exact) mass is 225 g/mol. The SMILES string of the molecule is O=C1NC(=O)C(=C2CCCCCCC2)S1. The van der Waals surface area contributed by atoms with E-state index in [1.54, 1.807) is 0 Å². The molecule has 2 aliphatic rings. The summed E-state index contributed by atoms with van der Waals surface area (Å²) in [6.45, 7) is 0. The lowest BCUT2D eigenvalue weighted by Crippen LogP contribution is -2.18. The molecule has 0 unspecified atom stereocenters. The predicted molar refractivity (Wildman–Crippen MR) is 60.5 cm³/mol. The lowest BCUT2D eigenvalue weighted by atomic mass is 9.96. The Bertz CT molecular complexity index is 313. The molecular formula is C11H15NO2S. The van der Waals surface area contributed by atoms with Crippen molar-refractivity contribution in [1.29, 1.82) is 0 Å². The smallest absolute Gasteiger partial charge is 0.282 e. The summed E-state index contributed by atoms with van der Waals surface area (Å²) < 4.78 is 0. The number of imide groups is 1. The summed E-state index contributed by atoms with van der Waals surface area (Å²) in [6.07, 6.45) is 8.09. The molecule has 0 aromatic rings. The normalized spacial score (nSPS) is 23.7. The number of allylic oxidation sites excluding steroid dienone is 1.